The fourth-order valence-corrected chi connectivity index (χ4v) is 4.14. The molecular formula is C17H22N4O4S. The van der Waals surface area contributed by atoms with Gasteiger partial charge in [0.05, 0.1) is 4.90 Å². The molecule has 0 atom stereocenters. The summed E-state index contributed by atoms with van der Waals surface area (Å²) in [5.74, 6) is 0.624. The molecule has 3 rings (SSSR count). The van der Waals surface area contributed by atoms with Gasteiger partial charge >= 0.3 is 6.01 Å². The lowest BCUT2D eigenvalue weighted by Crippen LogP contribution is -2.48. The first kappa shape index (κ1) is 18.5. The van der Waals surface area contributed by atoms with Gasteiger partial charge in [-0.15, -0.1) is 5.10 Å². The van der Waals surface area contributed by atoms with Crippen molar-refractivity contribution in [2.24, 2.45) is 0 Å². The predicted octanol–water partition coefficient (Wildman–Crippen LogP) is 1.91. The summed E-state index contributed by atoms with van der Waals surface area (Å²) in [4.78, 5) is 13.4. The van der Waals surface area contributed by atoms with Crippen molar-refractivity contribution in [3.8, 4) is 0 Å². The van der Waals surface area contributed by atoms with Crippen LogP contribution in [0, 0.1) is 0 Å². The molecule has 2 aromatic rings. The van der Waals surface area contributed by atoms with Crippen molar-refractivity contribution in [1.82, 2.24) is 14.5 Å². The molecule has 9 heteroatoms. The first-order chi connectivity index (χ1) is 12.3. The number of Topliss-reactive ketones (excluding diaryl/α,β-unsaturated/α-hetero) is 1. The number of hydrogen-bond donors (Lipinski definition) is 0. The van der Waals surface area contributed by atoms with E-state index in [1.165, 1.54) is 35.5 Å². The highest BCUT2D eigenvalue weighted by molar-refractivity contribution is 7.89. The molecule has 8 nitrogen and oxygen atoms in total. The molecule has 0 unspecified atom stereocenters. The highest BCUT2D eigenvalue weighted by Crippen LogP contribution is 2.22. The van der Waals surface area contributed by atoms with Crippen molar-refractivity contribution in [1.29, 1.82) is 0 Å². The number of nitrogens with zero attached hydrogens (tertiary/aromatic N) is 4. The lowest BCUT2D eigenvalue weighted by molar-refractivity contribution is 0.101. The molecule has 1 saturated heterocycles. The highest BCUT2D eigenvalue weighted by atomic mass is 32.2. The van der Waals surface area contributed by atoms with Gasteiger partial charge < -0.3 is 9.32 Å². The van der Waals surface area contributed by atoms with Gasteiger partial charge in [0.2, 0.25) is 15.9 Å². The van der Waals surface area contributed by atoms with E-state index < -0.39 is 10.0 Å². The van der Waals surface area contributed by atoms with E-state index in [1.54, 1.807) is 0 Å². The molecule has 1 aliphatic heterocycles. The summed E-state index contributed by atoms with van der Waals surface area (Å²) in [7, 11) is -3.59. The number of carbonyl (C=O) groups is 1. The summed E-state index contributed by atoms with van der Waals surface area (Å²) in [6, 6.07) is 6.46. The molecule has 1 aliphatic rings. The number of aromatic nitrogens is 2. The van der Waals surface area contributed by atoms with Crippen molar-refractivity contribution in [3.05, 3.63) is 35.7 Å². The lowest BCUT2D eigenvalue weighted by Gasteiger charge is -2.32. The molecule has 1 fully saturated rings. The Morgan fingerprint density at radius 2 is 1.69 bits per heavy atom. The van der Waals surface area contributed by atoms with E-state index in [2.05, 4.69) is 10.2 Å². The van der Waals surface area contributed by atoms with Crippen LogP contribution in [0.5, 0.6) is 0 Å². The van der Waals surface area contributed by atoms with Gasteiger partial charge in [-0.3, -0.25) is 4.79 Å². The minimum atomic E-state index is -3.59. The lowest BCUT2D eigenvalue weighted by atomic mass is 10.2. The van der Waals surface area contributed by atoms with Crippen molar-refractivity contribution in [3.63, 3.8) is 0 Å². The molecule has 1 aromatic heterocycles. The average Bonchev–Trinajstić information content (AvgIpc) is 3.12. The molecule has 0 spiro atoms. The zero-order valence-electron chi connectivity index (χ0n) is 15.0. The molecular weight excluding hydrogens is 356 g/mol. The quantitative estimate of drug-likeness (QED) is 0.733. The molecule has 26 heavy (non-hydrogen) atoms. The first-order valence-electron chi connectivity index (χ1n) is 8.48. The van der Waals surface area contributed by atoms with Crippen LogP contribution in [0.1, 0.15) is 42.9 Å². The van der Waals surface area contributed by atoms with Crippen LogP contribution in [0.15, 0.2) is 33.6 Å². The Labute approximate surface area is 152 Å². The maximum absolute atomic E-state index is 12.8. The Balaban J connectivity index is 1.69. The van der Waals surface area contributed by atoms with Crippen molar-refractivity contribution < 1.29 is 17.6 Å². The fourth-order valence-electron chi connectivity index (χ4n) is 2.72. The van der Waals surface area contributed by atoms with Crippen LogP contribution in [0.4, 0.5) is 6.01 Å². The molecule has 0 bridgehead atoms. The van der Waals surface area contributed by atoms with Crippen molar-refractivity contribution >= 4 is 21.8 Å². The summed E-state index contributed by atoms with van der Waals surface area (Å²) in [6.07, 6.45) is 0. The minimum absolute atomic E-state index is 0.0945. The van der Waals surface area contributed by atoms with E-state index in [4.69, 9.17) is 4.42 Å². The van der Waals surface area contributed by atoms with Gasteiger partial charge in [0.1, 0.15) is 0 Å². The van der Waals surface area contributed by atoms with Crippen LogP contribution in [-0.4, -0.2) is 54.9 Å². The van der Waals surface area contributed by atoms with Gasteiger partial charge in [0.25, 0.3) is 0 Å². The Morgan fingerprint density at radius 3 is 2.19 bits per heavy atom. The number of piperazine rings is 1. The van der Waals surface area contributed by atoms with Gasteiger partial charge in [-0.2, -0.15) is 4.31 Å². The summed E-state index contributed by atoms with van der Waals surface area (Å²) in [5.41, 5.74) is 0.492. The topological polar surface area (TPSA) is 96.6 Å². The fraction of sp³-hybridized carbons (Fsp3) is 0.471. The maximum Gasteiger partial charge on any atom is 0.318 e. The standard InChI is InChI=1S/C17H22N4O4S/c1-12(2)16-18-19-17(25-16)20-8-10-21(11-9-20)26(23,24)15-6-4-14(5-7-15)13(3)22/h4-7,12H,8-11H2,1-3H3. The van der Waals surface area contributed by atoms with Gasteiger partial charge in [-0.1, -0.05) is 31.1 Å². The number of carbonyl (C=O) groups excluding carboxylic acids is 1. The Kier molecular flexibility index (Phi) is 5.10. The highest BCUT2D eigenvalue weighted by Gasteiger charge is 2.30. The molecule has 140 valence electrons. The zero-order valence-corrected chi connectivity index (χ0v) is 15.9. The summed E-state index contributed by atoms with van der Waals surface area (Å²) < 4.78 is 32.6. The van der Waals surface area contributed by atoms with E-state index in [0.29, 0.717) is 43.6 Å². The number of rotatable bonds is 5. The second-order valence-electron chi connectivity index (χ2n) is 6.55. The number of ketones is 1. The van der Waals surface area contributed by atoms with E-state index >= 15 is 0 Å². The number of sulfonamides is 1. The summed E-state index contributed by atoms with van der Waals surface area (Å²) >= 11 is 0. The van der Waals surface area contributed by atoms with Crippen LogP contribution in [0.2, 0.25) is 0 Å². The maximum atomic E-state index is 12.8. The third-order valence-corrected chi connectivity index (χ3v) is 6.24. The second-order valence-corrected chi connectivity index (χ2v) is 8.49. The van der Waals surface area contributed by atoms with Gasteiger partial charge in [-0.25, -0.2) is 8.42 Å². The van der Waals surface area contributed by atoms with Crippen molar-refractivity contribution in [2.45, 2.75) is 31.6 Å². The molecule has 0 N–H and O–H groups in total. The van der Waals surface area contributed by atoms with E-state index in [-0.39, 0.29) is 16.6 Å². The predicted molar refractivity (Wildman–Crippen MR) is 95.8 cm³/mol. The van der Waals surface area contributed by atoms with Gasteiger partial charge in [0, 0.05) is 37.7 Å². The number of benzene rings is 1. The van der Waals surface area contributed by atoms with E-state index in [9.17, 15) is 13.2 Å². The summed E-state index contributed by atoms with van der Waals surface area (Å²) in [5, 5.41) is 8.05. The summed E-state index contributed by atoms with van der Waals surface area (Å²) in [6.45, 7) is 7.00. The van der Waals surface area contributed by atoms with Crippen LogP contribution in [-0.2, 0) is 10.0 Å². The SMILES string of the molecule is CC(=O)c1ccc(S(=O)(=O)N2CCN(c3nnc(C(C)C)o3)CC2)cc1. The van der Waals surface area contributed by atoms with Crippen LogP contribution >= 0.6 is 0 Å². The monoisotopic (exact) mass is 378 g/mol. The molecule has 0 radical (unpaired) electrons. The van der Waals surface area contributed by atoms with Crippen LogP contribution in [0.25, 0.3) is 0 Å². The molecule has 2 heterocycles. The largest absolute Gasteiger partial charge is 0.408 e. The third-order valence-electron chi connectivity index (χ3n) is 4.33. The first-order valence-corrected chi connectivity index (χ1v) is 9.92. The second kappa shape index (κ2) is 7.16. The number of anilines is 1. The molecule has 1 aromatic carbocycles. The minimum Gasteiger partial charge on any atom is -0.408 e. The third kappa shape index (κ3) is 3.63. The average molecular weight is 378 g/mol. The Bertz CT molecular complexity index is 882. The zero-order chi connectivity index (χ0) is 18.9. The van der Waals surface area contributed by atoms with Crippen LogP contribution < -0.4 is 4.90 Å². The molecule has 0 amide bonds. The van der Waals surface area contributed by atoms with Gasteiger partial charge in [0.15, 0.2) is 5.78 Å². The van der Waals surface area contributed by atoms with E-state index in [1.807, 2.05) is 18.7 Å². The van der Waals surface area contributed by atoms with Crippen LogP contribution in [0.3, 0.4) is 0 Å². The molecule has 0 saturated carbocycles. The van der Waals surface area contributed by atoms with Gasteiger partial charge in [-0.05, 0) is 19.1 Å². The van der Waals surface area contributed by atoms with Crippen molar-refractivity contribution in [2.75, 3.05) is 31.1 Å². The van der Waals surface area contributed by atoms with E-state index in [0.717, 1.165) is 0 Å². The Morgan fingerprint density at radius 1 is 1.08 bits per heavy atom. The Hall–Kier alpha value is -2.26. The smallest absolute Gasteiger partial charge is 0.318 e. The normalized spacial score (nSPS) is 16.2. The molecule has 0 aliphatic carbocycles. The number of hydrogen-bond acceptors (Lipinski definition) is 7.